The van der Waals surface area contributed by atoms with Gasteiger partial charge in [0.2, 0.25) is 11.8 Å². The highest BCUT2D eigenvalue weighted by atomic mass is 35.5. The molecule has 0 radical (unpaired) electrons. The quantitative estimate of drug-likeness (QED) is 0.122. The molecular weight excluding hydrogens is 729 g/mol. The number of nitrogens with zero attached hydrogens (tertiary/aromatic N) is 2. The second-order valence-corrected chi connectivity index (χ2v) is 15.7. The van der Waals surface area contributed by atoms with Crippen LogP contribution in [0.5, 0.6) is 11.5 Å². The van der Waals surface area contributed by atoms with Crippen LogP contribution in [0.4, 0.5) is 5.69 Å². The number of ether oxygens (including phenoxy) is 1. The van der Waals surface area contributed by atoms with Crippen molar-refractivity contribution in [3.05, 3.63) is 155 Å². The third-order valence-electron chi connectivity index (χ3n) is 9.27. The van der Waals surface area contributed by atoms with Crippen molar-refractivity contribution in [3.63, 3.8) is 0 Å². The number of carbonyl (C=O) groups excluding carboxylic acids is 2. The number of hydrogen-bond donors (Lipinski definition) is 1. The Bertz CT molecular complexity index is 2080. The molecule has 0 unspecified atom stereocenters. The number of sulfonamides is 1. The van der Waals surface area contributed by atoms with Gasteiger partial charge in [-0.2, -0.15) is 0 Å². The number of nitrogens with one attached hydrogen (secondary N) is 1. The van der Waals surface area contributed by atoms with E-state index in [1.165, 1.54) is 17.0 Å². The minimum Gasteiger partial charge on any atom is -0.457 e. The van der Waals surface area contributed by atoms with Crippen molar-refractivity contribution in [2.75, 3.05) is 10.8 Å². The van der Waals surface area contributed by atoms with E-state index in [9.17, 15) is 18.0 Å². The summed E-state index contributed by atoms with van der Waals surface area (Å²) >= 11 is 12.7. The highest BCUT2D eigenvalue weighted by molar-refractivity contribution is 7.92. The van der Waals surface area contributed by atoms with Crippen LogP contribution in [0.1, 0.15) is 43.2 Å². The van der Waals surface area contributed by atoms with E-state index < -0.39 is 28.5 Å². The van der Waals surface area contributed by atoms with Crippen LogP contribution in [0.25, 0.3) is 0 Å². The number of rotatable bonds is 14. The lowest BCUT2D eigenvalue weighted by atomic mass is 9.94. The first-order valence-corrected chi connectivity index (χ1v) is 19.9. The predicted molar refractivity (Wildman–Crippen MR) is 210 cm³/mol. The average molecular weight is 771 g/mol. The monoisotopic (exact) mass is 769 g/mol. The number of anilines is 1. The Hall–Kier alpha value is -4.83. The molecule has 5 aromatic rings. The first-order chi connectivity index (χ1) is 25.7. The molecule has 0 spiro atoms. The van der Waals surface area contributed by atoms with Crippen molar-refractivity contribution < 1.29 is 22.7 Å². The van der Waals surface area contributed by atoms with Gasteiger partial charge in [-0.15, -0.1) is 0 Å². The van der Waals surface area contributed by atoms with Crippen molar-refractivity contribution >= 4 is 50.7 Å². The molecule has 1 fully saturated rings. The van der Waals surface area contributed by atoms with E-state index in [0.717, 1.165) is 42.0 Å². The number of amides is 2. The topological polar surface area (TPSA) is 96.0 Å². The smallest absolute Gasteiger partial charge is 0.264 e. The number of halogens is 2. The minimum absolute atomic E-state index is 0.0111. The van der Waals surface area contributed by atoms with Gasteiger partial charge in [0.25, 0.3) is 10.0 Å². The Labute approximate surface area is 321 Å². The Kier molecular flexibility index (Phi) is 12.7. The average Bonchev–Trinajstić information content (AvgIpc) is 3.18. The van der Waals surface area contributed by atoms with Crippen LogP contribution in [-0.4, -0.2) is 43.8 Å². The molecule has 6 rings (SSSR count). The lowest BCUT2D eigenvalue weighted by Crippen LogP contribution is -2.55. The van der Waals surface area contributed by atoms with E-state index in [1.807, 2.05) is 60.7 Å². The van der Waals surface area contributed by atoms with Crippen molar-refractivity contribution in [3.8, 4) is 11.5 Å². The third kappa shape index (κ3) is 9.99. The van der Waals surface area contributed by atoms with Crippen molar-refractivity contribution in [1.29, 1.82) is 0 Å². The largest absolute Gasteiger partial charge is 0.457 e. The van der Waals surface area contributed by atoms with Crippen molar-refractivity contribution in [1.82, 2.24) is 10.2 Å². The van der Waals surface area contributed by atoms with Crippen LogP contribution >= 0.6 is 23.2 Å². The molecule has 0 heterocycles. The fraction of sp³-hybridized carbons (Fsp3) is 0.238. The lowest BCUT2D eigenvalue weighted by Gasteiger charge is -2.35. The molecule has 0 aromatic heterocycles. The molecule has 5 aromatic carbocycles. The molecule has 1 saturated carbocycles. The normalized spacial score (nSPS) is 13.8. The molecule has 53 heavy (non-hydrogen) atoms. The number of hydrogen-bond acceptors (Lipinski definition) is 5. The van der Waals surface area contributed by atoms with Gasteiger partial charge in [-0.25, -0.2) is 8.42 Å². The van der Waals surface area contributed by atoms with Gasteiger partial charge in [0.15, 0.2) is 0 Å². The first kappa shape index (κ1) is 37.9. The molecule has 1 aliphatic rings. The number of carbonyl (C=O) groups is 2. The Morgan fingerprint density at radius 3 is 1.96 bits per heavy atom. The molecule has 0 bridgehead atoms. The van der Waals surface area contributed by atoms with Gasteiger partial charge in [-0.05, 0) is 84.6 Å². The lowest BCUT2D eigenvalue weighted by molar-refractivity contribution is -0.140. The van der Waals surface area contributed by atoms with Crippen LogP contribution in [0.3, 0.4) is 0 Å². The summed E-state index contributed by atoms with van der Waals surface area (Å²) in [5.74, 6) is 0.249. The fourth-order valence-electron chi connectivity index (χ4n) is 6.49. The van der Waals surface area contributed by atoms with Crippen LogP contribution in [0.2, 0.25) is 10.0 Å². The summed E-state index contributed by atoms with van der Waals surface area (Å²) in [6.45, 7) is -0.603. The second kappa shape index (κ2) is 17.8. The van der Waals surface area contributed by atoms with Crippen molar-refractivity contribution in [2.24, 2.45) is 0 Å². The second-order valence-electron chi connectivity index (χ2n) is 13.1. The van der Waals surface area contributed by atoms with E-state index in [1.54, 1.807) is 60.7 Å². The van der Waals surface area contributed by atoms with Crippen molar-refractivity contribution in [2.45, 2.75) is 62.0 Å². The zero-order valence-corrected chi connectivity index (χ0v) is 31.4. The van der Waals surface area contributed by atoms with Gasteiger partial charge in [0.1, 0.15) is 24.1 Å². The Balaban J connectivity index is 1.39. The number of para-hydroxylation sites is 1. The maximum absolute atomic E-state index is 14.9. The highest BCUT2D eigenvalue weighted by Gasteiger charge is 2.35. The summed E-state index contributed by atoms with van der Waals surface area (Å²) in [5.41, 5.74) is 1.74. The standard InChI is InChI=1S/C42H41Cl2N3O5S/c43-38-26-21-32(27-39(38)44)29-46(40(28-31-13-5-1-6-14-31)42(49)45-33-15-7-2-8-16-33)41(48)30-47(53(50,51)37-19-11-4-12-20-37)34-22-24-36(25-23-34)52-35-17-9-3-10-18-35/h1,3-6,9-14,17-27,33,40H,2,7-8,15-16,28-30H2,(H,45,49)/t40-/m1/s1. The molecule has 1 atom stereocenters. The summed E-state index contributed by atoms with van der Waals surface area (Å²) in [6, 6.07) is 37.3. The molecular formula is C42H41Cl2N3O5S. The summed E-state index contributed by atoms with van der Waals surface area (Å²) in [4.78, 5) is 30.7. The first-order valence-electron chi connectivity index (χ1n) is 17.7. The summed E-state index contributed by atoms with van der Waals surface area (Å²) in [5, 5.41) is 3.87. The van der Waals surface area contributed by atoms with Gasteiger partial charge in [0.05, 0.1) is 20.6 Å². The molecule has 8 nitrogen and oxygen atoms in total. The highest BCUT2D eigenvalue weighted by Crippen LogP contribution is 2.30. The maximum Gasteiger partial charge on any atom is 0.264 e. The molecule has 0 saturated heterocycles. The minimum atomic E-state index is -4.26. The zero-order chi connectivity index (χ0) is 37.2. The summed E-state index contributed by atoms with van der Waals surface area (Å²) < 4.78 is 35.8. The summed E-state index contributed by atoms with van der Waals surface area (Å²) in [6.07, 6.45) is 5.08. The molecule has 1 N–H and O–H groups in total. The summed E-state index contributed by atoms with van der Waals surface area (Å²) in [7, 11) is -4.26. The van der Waals surface area contributed by atoms with E-state index >= 15 is 0 Å². The van der Waals surface area contributed by atoms with E-state index in [4.69, 9.17) is 27.9 Å². The van der Waals surface area contributed by atoms with Gasteiger partial charge in [0, 0.05) is 19.0 Å². The fourth-order valence-corrected chi connectivity index (χ4v) is 8.24. The van der Waals surface area contributed by atoms with Crippen LogP contribution in [-0.2, 0) is 32.6 Å². The number of benzene rings is 5. The molecule has 0 aliphatic heterocycles. The van der Waals surface area contributed by atoms with Gasteiger partial charge in [-0.3, -0.25) is 13.9 Å². The van der Waals surface area contributed by atoms with Crippen LogP contribution in [0, 0.1) is 0 Å². The SMILES string of the molecule is O=C(NC1CCCCC1)[C@@H](Cc1ccccc1)N(Cc1ccc(Cl)c(Cl)c1)C(=O)CN(c1ccc(Oc2ccccc2)cc1)S(=O)(=O)c1ccccc1. The van der Waals surface area contributed by atoms with Crippen LogP contribution < -0.4 is 14.4 Å². The predicted octanol–water partition coefficient (Wildman–Crippen LogP) is 9.07. The van der Waals surface area contributed by atoms with Gasteiger partial charge in [-0.1, -0.05) is 115 Å². The Morgan fingerprint density at radius 1 is 0.717 bits per heavy atom. The zero-order valence-electron chi connectivity index (χ0n) is 29.1. The van der Waals surface area contributed by atoms with Crippen LogP contribution in [0.15, 0.2) is 138 Å². The molecule has 274 valence electrons. The van der Waals surface area contributed by atoms with E-state index in [2.05, 4.69) is 5.32 Å². The maximum atomic E-state index is 14.9. The van der Waals surface area contributed by atoms with Gasteiger partial charge < -0.3 is 15.0 Å². The van der Waals surface area contributed by atoms with E-state index in [0.29, 0.717) is 27.1 Å². The third-order valence-corrected chi connectivity index (χ3v) is 11.8. The molecule has 11 heteroatoms. The molecule has 1 aliphatic carbocycles. The van der Waals surface area contributed by atoms with Gasteiger partial charge >= 0.3 is 0 Å². The van der Waals surface area contributed by atoms with E-state index in [-0.39, 0.29) is 35.5 Å². The molecule has 2 amide bonds. The Morgan fingerprint density at radius 2 is 1.32 bits per heavy atom.